The maximum atomic E-state index is 9.02. The summed E-state index contributed by atoms with van der Waals surface area (Å²) in [6.45, 7) is 4.10. The van der Waals surface area contributed by atoms with Gasteiger partial charge < -0.3 is 4.90 Å². The molecule has 3 rings (SSSR count). The molecule has 0 spiro atoms. The second-order valence-electron chi connectivity index (χ2n) is 5.37. The summed E-state index contributed by atoms with van der Waals surface area (Å²) in [5, 5.41) is 9.02. The summed E-state index contributed by atoms with van der Waals surface area (Å²) in [5.41, 5.74) is 6.01. The van der Waals surface area contributed by atoms with Gasteiger partial charge in [-0.2, -0.15) is 5.26 Å². The summed E-state index contributed by atoms with van der Waals surface area (Å²) in [6.07, 6.45) is 2.18. The first-order chi connectivity index (χ1) is 9.78. The molecule has 2 nitrogen and oxygen atoms in total. The number of nitriles is 1. The Morgan fingerprint density at radius 1 is 1.00 bits per heavy atom. The van der Waals surface area contributed by atoms with Crippen molar-refractivity contribution < 1.29 is 0 Å². The van der Waals surface area contributed by atoms with Gasteiger partial charge >= 0.3 is 0 Å². The third kappa shape index (κ3) is 2.40. The molecule has 2 heteroatoms. The molecule has 0 bridgehead atoms. The number of hydrogen-bond acceptors (Lipinski definition) is 2. The van der Waals surface area contributed by atoms with Crippen molar-refractivity contribution in [1.29, 1.82) is 5.26 Å². The fraction of sp³-hybridized carbons (Fsp3) is 0.278. The molecular weight excluding hydrogens is 244 g/mol. The van der Waals surface area contributed by atoms with E-state index in [1.165, 1.54) is 16.8 Å². The van der Waals surface area contributed by atoms with Crippen LogP contribution >= 0.6 is 0 Å². The van der Waals surface area contributed by atoms with E-state index < -0.39 is 0 Å². The number of hydrogen-bond donors (Lipinski definition) is 0. The highest BCUT2D eigenvalue weighted by molar-refractivity contribution is 5.54. The van der Waals surface area contributed by atoms with Gasteiger partial charge in [0.15, 0.2) is 0 Å². The van der Waals surface area contributed by atoms with Crippen molar-refractivity contribution in [2.24, 2.45) is 0 Å². The van der Waals surface area contributed by atoms with Crippen LogP contribution in [0.15, 0.2) is 42.5 Å². The topological polar surface area (TPSA) is 27.0 Å². The van der Waals surface area contributed by atoms with Crippen molar-refractivity contribution in [1.82, 2.24) is 0 Å². The first-order valence-electron chi connectivity index (χ1n) is 7.10. The van der Waals surface area contributed by atoms with Crippen molar-refractivity contribution >= 4 is 5.69 Å². The van der Waals surface area contributed by atoms with Crippen LogP contribution in [0.4, 0.5) is 5.69 Å². The molecule has 0 N–H and O–H groups in total. The van der Waals surface area contributed by atoms with E-state index >= 15 is 0 Å². The van der Waals surface area contributed by atoms with E-state index in [0.717, 1.165) is 37.1 Å². The third-order valence-electron chi connectivity index (χ3n) is 4.12. The molecule has 0 saturated carbocycles. The van der Waals surface area contributed by atoms with Crippen molar-refractivity contribution in [3.63, 3.8) is 0 Å². The normalized spacial score (nSPS) is 14.3. The molecule has 2 aromatic carbocycles. The number of nitrogens with zero attached hydrogens (tertiary/aromatic N) is 2. The second-order valence-corrected chi connectivity index (χ2v) is 5.37. The monoisotopic (exact) mass is 262 g/mol. The Hall–Kier alpha value is -2.27. The van der Waals surface area contributed by atoms with Gasteiger partial charge in [0.1, 0.15) is 0 Å². The van der Waals surface area contributed by atoms with Gasteiger partial charge in [0.05, 0.1) is 11.6 Å². The minimum absolute atomic E-state index is 0.770. The molecule has 0 radical (unpaired) electrons. The minimum atomic E-state index is 0.770. The van der Waals surface area contributed by atoms with E-state index in [4.69, 9.17) is 5.26 Å². The number of benzene rings is 2. The summed E-state index contributed by atoms with van der Waals surface area (Å²) < 4.78 is 0. The Bertz CT molecular complexity index is 640. The van der Waals surface area contributed by atoms with Crippen LogP contribution in [0, 0.1) is 18.3 Å². The fourth-order valence-electron chi connectivity index (χ4n) is 2.90. The second kappa shape index (κ2) is 5.38. The summed E-state index contributed by atoms with van der Waals surface area (Å²) in [4.78, 5) is 2.42. The average molecular weight is 262 g/mol. The van der Waals surface area contributed by atoms with E-state index in [9.17, 15) is 0 Å². The van der Waals surface area contributed by atoms with Crippen LogP contribution in [-0.4, -0.2) is 13.1 Å². The molecule has 0 fully saturated rings. The lowest BCUT2D eigenvalue weighted by Crippen LogP contribution is -2.26. The number of fused-ring (bicyclic) bond motifs is 1. The van der Waals surface area contributed by atoms with Crippen molar-refractivity contribution in [3.8, 4) is 6.07 Å². The van der Waals surface area contributed by atoms with Crippen molar-refractivity contribution in [2.75, 3.05) is 18.0 Å². The van der Waals surface area contributed by atoms with Gasteiger partial charge in [-0.05, 0) is 54.7 Å². The van der Waals surface area contributed by atoms with E-state index in [1.807, 2.05) is 13.0 Å². The Morgan fingerprint density at radius 2 is 1.65 bits per heavy atom. The Morgan fingerprint density at radius 3 is 2.20 bits per heavy atom. The van der Waals surface area contributed by atoms with E-state index in [2.05, 4.69) is 47.4 Å². The summed E-state index contributed by atoms with van der Waals surface area (Å²) in [6, 6.07) is 17.1. The zero-order chi connectivity index (χ0) is 13.9. The lowest BCUT2D eigenvalue weighted by Gasteiger charge is -2.23. The molecule has 1 aliphatic rings. The van der Waals surface area contributed by atoms with Crippen LogP contribution in [-0.2, 0) is 12.8 Å². The molecule has 1 aliphatic heterocycles. The number of anilines is 1. The third-order valence-corrected chi connectivity index (χ3v) is 4.12. The van der Waals surface area contributed by atoms with Crippen LogP contribution in [0.2, 0.25) is 0 Å². The summed E-state index contributed by atoms with van der Waals surface area (Å²) >= 11 is 0. The van der Waals surface area contributed by atoms with Crippen LogP contribution in [0.25, 0.3) is 0 Å². The van der Waals surface area contributed by atoms with Gasteiger partial charge in [-0.3, -0.25) is 0 Å². The SMILES string of the molecule is Cc1cc(N2CCc3ccccc3CC2)ccc1C#N. The maximum Gasteiger partial charge on any atom is 0.0994 e. The van der Waals surface area contributed by atoms with E-state index in [1.54, 1.807) is 0 Å². The highest BCUT2D eigenvalue weighted by Gasteiger charge is 2.14. The highest BCUT2D eigenvalue weighted by Crippen LogP contribution is 2.23. The molecule has 0 saturated heterocycles. The molecule has 0 aliphatic carbocycles. The predicted molar refractivity (Wildman–Crippen MR) is 82.0 cm³/mol. The molecule has 0 aromatic heterocycles. The lowest BCUT2D eigenvalue weighted by molar-refractivity contribution is 0.805. The molecule has 20 heavy (non-hydrogen) atoms. The number of aryl methyl sites for hydroxylation is 1. The first-order valence-corrected chi connectivity index (χ1v) is 7.10. The molecule has 0 atom stereocenters. The molecular formula is C18H18N2. The van der Waals surface area contributed by atoms with Gasteiger partial charge in [0.2, 0.25) is 0 Å². The summed E-state index contributed by atoms with van der Waals surface area (Å²) in [7, 11) is 0. The number of rotatable bonds is 1. The highest BCUT2D eigenvalue weighted by atomic mass is 15.1. The molecule has 2 aromatic rings. The van der Waals surface area contributed by atoms with Gasteiger partial charge in [-0.15, -0.1) is 0 Å². The predicted octanol–water partition coefficient (Wildman–Crippen LogP) is 3.47. The molecule has 1 heterocycles. The zero-order valence-electron chi connectivity index (χ0n) is 11.8. The first kappa shape index (κ1) is 12.7. The quantitative estimate of drug-likeness (QED) is 0.787. The van der Waals surface area contributed by atoms with E-state index in [-0.39, 0.29) is 0 Å². The maximum absolute atomic E-state index is 9.02. The van der Waals surface area contributed by atoms with Gasteiger partial charge in [0.25, 0.3) is 0 Å². The Balaban J connectivity index is 1.84. The zero-order valence-corrected chi connectivity index (χ0v) is 11.8. The standard InChI is InChI=1S/C18H18N2/c1-14-12-18(7-6-17(14)13-19)20-10-8-15-4-2-3-5-16(15)9-11-20/h2-7,12H,8-11H2,1H3. The van der Waals surface area contributed by atoms with Crippen molar-refractivity contribution in [2.45, 2.75) is 19.8 Å². The van der Waals surface area contributed by atoms with Gasteiger partial charge in [-0.1, -0.05) is 24.3 Å². The smallest absolute Gasteiger partial charge is 0.0994 e. The Kier molecular flexibility index (Phi) is 3.43. The summed E-state index contributed by atoms with van der Waals surface area (Å²) in [5.74, 6) is 0. The van der Waals surface area contributed by atoms with Crippen LogP contribution < -0.4 is 4.90 Å². The largest absolute Gasteiger partial charge is 0.371 e. The van der Waals surface area contributed by atoms with Gasteiger partial charge in [0, 0.05) is 18.8 Å². The van der Waals surface area contributed by atoms with Gasteiger partial charge in [-0.25, -0.2) is 0 Å². The fourth-order valence-corrected chi connectivity index (χ4v) is 2.90. The van der Waals surface area contributed by atoms with Crippen LogP contribution in [0.3, 0.4) is 0 Å². The minimum Gasteiger partial charge on any atom is -0.371 e. The van der Waals surface area contributed by atoms with Crippen LogP contribution in [0.5, 0.6) is 0 Å². The Labute approximate surface area is 120 Å². The van der Waals surface area contributed by atoms with E-state index in [0.29, 0.717) is 0 Å². The molecule has 0 unspecified atom stereocenters. The lowest BCUT2D eigenvalue weighted by atomic mass is 10.0. The average Bonchev–Trinajstić information content (AvgIpc) is 2.70. The molecule has 100 valence electrons. The van der Waals surface area contributed by atoms with Crippen LogP contribution in [0.1, 0.15) is 22.3 Å². The molecule has 0 amide bonds. The van der Waals surface area contributed by atoms with Crippen molar-refractivity contribution in [3.05, 3.63) is 64.7 Å².